The average Bonchev–Trinajstić information content (AvgIpc) is 2.81. The fourth-order valence-electron chi connectivity index (χ4n) is 1.74. The Kier molecular flexibility index (Phi) is 4.15. The maximum Gasteiger partial charge on any atom is 0.127 e. The van der Waals surface area contributed by atoms with E-state index in [2.05, 4.69) is 11.4 Å². The Morgan fingerprint density at radius 1 is 1.41 bits per heavy atom. The molecule has 0 fully saturated rings. The molecule has 4 heteroatoms. The lowest BCUT2D eigenvalue weighted by Gasteiger charge is -2.15. The van der Waals surface area contributed by atoms with E-state index in [0.29, 0.717) is 17.0 Å². The molecule has 1 aromatic carbocycles. The smallest absolute Gasteiger partial charge is 0.127 e. The van der Waals surface area contributed by atoms with E-state index in [4.69, 9.17) is 11.6 Å². The fourth-order valence-corrected chi connectivity index (χ4v) is 2.74. The highest BCUT2D eigenvalue weighted by atomic mass is 35.5. The van der Waals surface area contributed by atoms with Crippen LogP contribution in [0.3, 0.4) is 0 Å². The minimum atomic E-state index is -0.241. The van der Waals surface area contributed by atoms with Crippen LogP contribution in [-0.2, 0) is 6.42 Å². The normalized spacial score (nSPS) is 12.6. The lowest BCUT2D eigenvalue weighted by atomic mass is 10.0. The van der Waals surface area contributed by atoms with Crippen LogP contribution in [-0.4, -0.2) is 7.05 Å². The summed E-state index contributed by atoms with van der Waals surface area (Å²) in [6.45, 7) is 0. The van der Waals surface area contributed by atoms with Gasteiger partial charge in [0.1, 0.15) is 5.82 Å². The average molecular weight is 270 g/mol. The molecule has 0 saturated carbocycles. The van der Waals surface area contributed by atoms with Gasteiger partial charge in [-0.3, -0.25) is 0 Å². The molecule has 1 atom stereocenters. The highest BCUT2D eigenvalue weighted by Crippen LogP contribution is 2.24. The summed E-state index contributed by atoms with van der Waals surface area (Å²) in [5, 5.41) is 5.66. The minimum absolute atomic E-state index is 0.144. The second-order valence-corrected chi connectivity index (χ2v) is 5.21. The lowest BCUT2D eigenvalue weighted by molar-refractivity contribution is 0.560. The summed E-state index contributed by atoms with van der Waals surface area (Å²) in [5.41, 5.74) is 0.683. The number of thiophene rings is 1. The molecule has 0 saturated heterocycles. The van der Waals surface area contributed by atoms with E-state index >= 15 is 0 Å². The first-order valence-corrected chi connectivity index (χ1v) is 6.61. The Morgan fingerprint density at radius 3 is 2.82 bits per heavy atom. The molecule has 1 N–H and O–H groups in total. The molecule has 2 rings (SSSR count). The third-order valence-corrected chi connectivity index (χ3v) is 3.90. The van der Waals surface area contributed by atoms with Crippen molar-refractivity contribution in [2.75, 3.05) is 7.05 Å². The van der Waals surface area contributed by atoms with Crippen LogP contribution < -0.4 is 5.32 Å². The van der Waals surface area contributed by atoms with Crippen molar-refractivity contribution in [2.45, 2.75) is 12.5 Å². The second kappa shape index (κ2) is 5.63. The Morgan fingerprint density at radius 2 is 2.24 bits per heavy atom. The summed E-state index contributed by atoms with van der Waals surface area (Å²) in [5.74, 6) is -0.241. The number of benzene rings is 1. The highest BCUT2D eigenvalue weighted by molar-refractivity contribution is 7.10. The minimum Gasteiger partial charge on any atom is -0.312 e. The summed E-state index contributed by atoms with van der Waals surface area (Å²) in [7, 11) is 1.89. The zero-order valence-corrected chi connectivity index (χ0v) is 11.0. The maximum atomic E-state index is 13.7. The van der Waals surface area contributed by atoms with E-state index in [1.54, 1.807) is 23.5 Å². The van der Waals surface area contributed by atoms with Gasteiger partial charge in [-0.25, -0.2) is 4.39 Å². The maximum absolute atomic E-state index is 13.7. The predicted molar refractivity (Wildman–Crippen MR) is 71.2 cm³/mol. The second-order valence-electron chi connectivity index (χ2n) is 3.80. The van der Waals surface area contributed by atoms with Crippen LogP contribution in [0.1, 0.15) is 16.5 Å². The van der Waals surface area contributed by atoms with Crippen molar-refractivity contribution in [1.82, 2.24) is 5.32 Å². The number of rotatable bonds is 4. The Hall–Kier alpha value is -0.900. The van der Waals surface area contributed by atoms with Crippen molar-refractivity contribution < 1.29 is 4.39 Å². The highest BCUT2D eigenvalue weighted by Gasteiger charge is 2.13. The molecule has 0 aliphatic heterocycles. The Bertz CT molecular complexity index is 484. The van der Waals surface area contributed by atoms with Gasteiger partial charge in [-0.15, -0.1) is 11.3 Å². The molecule has 2 aromatic rings. The molecule has 1 nitrogen and oxygen atoms in total. The van der Waals surface area contributed by atoms with Crippen LogP contribution in [0.15, 0.2) is 35.7 Å². The van der Waals surface area contributed by atoms with Crippen molar-refractivity contribution >= 4 is 22.9 Å². The van der Waals surface area contributed by atoms with Gasteiger partial charge in [0.25, 0.3) is 0 Å². The van der Waals surface area contributed by atoms with Crippen molar-refractivity contribution in [1.29, 1.82) is 0 Å². The zero-order valence-electron chi connectivity index (χ0n) is 9.41. The van der Waals surface area contributed by atoms with Gasteiger partial charge >= 0.3 is 0 Å². The molecule has 1 heterocycles. The third kappa shape index (κ3) is 3.06. The summed E-state index contributed by atoms with van der Waals surface area (Å²) < 4.78 is 13.7. The summed E-state index contributed by atoms with van der Waals surface area (Å²) in [6.07, 6.45) is 0.625. The van der Waals surface area contributed by atoms with Gasteiger partial charge in [-0.1, -0.05) is 23.7 Å². The van der Waals surface area contributed by atoms with Crippen LogP contribution in [0.2, 0.25) is 5.02 Å². The molecule has 17 heavy (non-hydrogen) atoms. The molecule has 0 aliphatic rings. The van der Waals surface area contributed by atoms with Crippen LogP contribution in [0, 0.1) is 5.82 Å². The van der Waals surface area contributed by atoms with Gasteiger partial charge in [-0.05, 0) is 42.6 Å². The first-order chi connectivity index (χ1) is 8.20. The Labute approximate surface area is 109 Å². The van der Waals surface area contributed by atoms with Gasteiger partial charge in [-0.2, -0.15) is 0 Å². The molecule has 1 unspecified atom stereocenters. The fraction of sp³-hybridized carbons (Fsp3) is 0.231. The van der Waals surface area contributed by atoms with Crippen LogP contribution >= 0.6 is 22.9 Å². The molecule has 0 spiro atoms. The SMILES string of the molecule is CNC(Cc1ccc(Cl)cc1F)c1cccs1. The largest absolute Gasteiger partial charge is 0.312 e. The molecule has 0 bridgehead atoms. The van der Waals surface area contributed by atoms with E-state index in [0.717, 1.165) is 0 Å². The van der Waals surface area contributed by atoms with Crippen molar-refractivity contribution in [3.05, 3.63) is 57.0 Å². The monoisotopic (exact) mass is 269 g/mol. The van der Waals surface area contributed by atoms with Gasteiger partial charge in [0, 0.05) is 15.9 Å². The number of likely N-dealkylation sites (N-methyl/N-ethyl adjacent to an activating group) is 1. The summed E-state index contributed by atoms with van der Waals surface area (Å²) >= 11 is 7.41. The van der Waals surface area contributed by atoms with E-state index < -0.39 is 0 Å². The van der Waals surface area contributed by atoms with E-state index in [9.17, 15) is 4.39 Å². The van der Waals surface area contributed by atoms with Crippen molar-refractivity contribution in [3.8, 4) is 0 Å². The van der Waals surface area contributed by atoms with Gasteiger partial charge in [0.15, 0.2) is 0 Å². The van der Waals surface area contributed by atoms with Crippen molar-refractivity contribution in [2.24, 2.45) is 0 Å². The lowest BCUT2D eigenvalue weighted by Crippen LogP contribution is -2.18. The number of hydrogen-bond acceptors (Lipinski definition) is 2. The predicted octanol–water partition coefficient (Wildman–Crippen LogP) is 4.04. The number of hydrogen-bond donors (Lipinski definition) is 1. The van der Waals surface area contributed by atoms with E-state index in [1.165, 1.54) is 10.9 Å². The van der Waals surface area contributed by atoms with Crippen molar-refractivity contribution in [3.63, 3.8) is 0 Å². The topological polar surface area (TPSA) is 12.0 Å². The van der Waals surface area contributed by atoms with Crippen LogP contribution in [0.4, 0.5) is 4.39 Å². The first-order valence-electron chi connectivity index (χ1n) is 5.35. The molecule has 0 amide bonds. The van der Waals surface area contributed by atoms with Crippen LogP contribution in [0.5, 0.6) is 0 Å². The van der Waals surface area contributed by atoms with Gasteiger partial charge < -0.3 is 5.32 Å². The molecule has 0 radical (unpaired) electrons. The Balaban J connectivity index is 2.19. The standard InChI is InChI=1S/C13H13ClFNS/c1-16-12(13-3-2-6-17-13)7-9-4-5-10(14)8-11(9)15/h2-6,8,12,16H,7H2,1H3. The first kappa shape index (κ1) is 12.6. The third-order valence-electron chi connectivity index (χ3n) is 2.67. The summed E-state index contributed by atoms with van der Waals surface area (Å²) in [6, 6.07) is 9.03. The molecular formula is C13H13ClFNS. The number of halogens is 2. The molecule has 90 valence electrons. The zero-order chi connectivity index (χ0) is 12.3. The van der Waals surface area contributed by atoms with Crippen LogP contribution in [0.25, 0.3) is 0 Å². The van der Waals surface area contributed by atoms with Gasteiger partial charge in [0.05, 0.1) is 0 Å². The van der Waals surface area contributed by atoms with Gasteiger partial charge in [0.2, 0.25) is 0 Å². The molecule has 0 aliphatic carbocycles. The number of nitrogens with one attached hydrogen (secondary N) is 1. The molecular weight excluding hydrogens is 257 g/mol. The summed E-state index contributed by atoms with van der Waals surface area (Å²) in [4.78, 5) is 1.21. The van der Waals surface area contributed by atoms with E-state index in [-0.39, 0.29) is 11.9 Å². The quantitative estimate of drug-likeness (QED) is 0.883. The molecule has 1 aromatic heterocycles. The van der Waals surface area contributed by atoms with E-state index in [1.807, 2.05) is 18.5 Å².